The Labute approximate surface area is 141 Å². The Balaban J connectivity index is 1.36. The first-order chi connectivity index (χ1) is 11.2. The zero-order valence-corrected chi connectivity index (χ0v) is 14.4. The highest BCUT2D eigenvalue weighted by molar-refractivity contribution is 7.09. The highest BCUT2D eigenvalue weighted by Crippen LogP contribution is 2.27. The van der Waals surface area contributed by atoms with Gasteiger partial charge in [0.15, 0.2) is 0 Å². The number of thiophene rings is 1. The van der Waals surface area contributed by atoms with E-state index in [2.05, 4.69) is 22.1 Å². The van der Waals surface area contributed by atoms with E-state index >= 15 is 0 Å². The van der Waals surface area contributed by atoms with E-state index in [1.54, 1.807) is 11.3 Å². The number of rotatable bonds is 7. The Morgan fingerprint density at radius 3 is 2.87 bits per heavy atom. The zero-order chi connectivity index (χ0) is 16.1. The second kappa shape index (κ2) is 8.06. The van der Waals surface area contributed by atoms with Gasteiger partial charge in [0, 0.05) is 36.3 Å². The van der Waals surface area contributed by atoms with E-state index in [1.165, 1.54) is 10.6 Å². The first-order valence-electron chi connectivity index (χ1n) is 8.21. The molecule has 1 saturated heterocycles. The van der Waals surface area contributed by atoms with Gasteiger partial charge in [-0.3, -0.25) is 4.68 Å². The molecule has 0 saturated carbocycles. The molecule has 6 heteroatoms. The lowest BCUT2D eigenvalue weighted by molar-refractivity contribution is 0.00683. The summed E-state index contributed by atoms with van der Waals surface area (Å²) in [6.45, 7) is 3.75. The van der Waals surface area contributed by atoms with Crippen LogP contribution in [-0.2, 0) is 18.4 Å². The van der Waals surface area contributed by atoms with E-state index < -0.39 is 6.10 Å². The molecule has 3 rings (SSSR count). The van der Waals surface area contributed by atoms with Crippen LogP contribution in [0.2, 0.25) is 0 Å². The SMILES string of the molecule is Cn1nccc1C1CCN(C[C@@H](O)COCc2cccs2)CC1. The number of hydrogen-bond acceptors (Lipinski definition) is 5. The Kier molecular flexibility index (Phi) is 5.83. The van der Waals surface area contributed by atoms with Gasteiger partial charge in [-0.05, 0) is 43.4 Å². The van der Waals surface area contributed by atoms with Gasteiger partial charge in [-0.1, -0.05) is 6.07 Å². The summed E-state index contributed by atoms with van der Waals surface area (Å²) in [5, 5.41) is 16.5. The van der Waals surface area contributed by atoms with Crippen LogP contribution in [0.4, 0.5) is 0 Å². The predicted molar refractivity (Wildman–Crippen MR) is 91.6 cm³/mol. The van der Waals surface area contributed by atoms with Crippen molar-refractivity contribution in [2.24, 2.45) is 7.05 Å². The molecule has 5 nitrogen and oxygen atoms in total. The van der Waals surface area contributed by atoms with E-state index in [9.17, 15) is 5.11 Å². The second-order valence-electron chi connectivity index (χ2n) is 6.20. The number of aryl methyl sites for hydroxylation is 1. The molecule has 0 unspecified atom stereocenters. The molecule has 0 spiro atoms. The number of ether oxygens (including phenoxy) is 1. The van der Waals surface area contributed by atoms with E-state index in [1.807, 2.05) is 29.4 Å². The van der Waals surface area contributed by atoms with E-state index in [-0.39, 0.29) is 0 Å². The van der Waals surface area contributed by atoms with Gasteiger partial charge in [0.05, 0.1) is 19.3 Å². The third kappa shape index (κ3) is 4.64. The van der Waals surface area contributed by atoms with Gasteiger partial charge in [0.25, 0.3) is 0 Å². The molecular formula is C17H25N3O2S. The Morgan fingerprint density at radius 1 is 1.39 bits per heavy atom. The predicted octanol–water partition coefficient (Wildman–Crippen LogP) is 2.24. The summed E-state index contributed by atoms with van der Waals surface area (Å²) >= 11 is 1.69. The van der Waals surface area contributed by atoms with Gasteiger partial charge in [0.2, 0.25) is 0 Å². The summed E-state index contributed by atoms with van der Waals surface area (Å²) in [6.07, 6.45) is 3.71. The maximum absolute atomic E-state index is 10.1. The van der Waals surface area contributed by atoms with Crippen molar-refractivity contribution in [1.29, 1.82) is 0 Å². The lowest BCUT2D eigenvalue weighted by Gasteiger charge is -2.33. The molecule has 0 amide bonds. The molecule has 0 radical (unpaired) electrons. The Bertz CT molecular complexity index is 576. The van der Waals surface area contributed by atoms with Crippen LogP contribution in [-0.4, -0.2) is 52.1 Å². The number of aliphatic hydroxyl groups is 1. The quantitative estimate of drug-likeness (QED) is 0.843. The number of nitrogens with zero attached hydrogens (tertiary/aromatic N) is 3. The van der Waals surface area contributed by atoms with Crippen molar-refractivity contribution < 1.29 is 9.84 Å². The molecule has 3 heterocycles. The summed E-state index contributed by atoms with van der Waals surface area (Å²) in [6, 6.07) is 6.19. The minimum absolute atomic E-state index is 0.402. The fraction of sp³-hybridized carbons (Fsp3) is 0.588. The first kappa shape index (κ1) is 16.6. The minimum atomic E-state index is -0.414. The standard InChI is InChI=1S/C17H25N3O2S/c1-19-17(4-7-18-19)14-5-8-20(9-6-14)11-15(21)12-22-13-16-3-2-10-23-16/h2-4,7,10,14-15,21H,5-6,8-9,11-13H2,1H3/t15-/m1/s1. The molecule has 2 aromatic heterocycles. The van der Waals surface area contributed by atoms with Crippen LogP contribution in [0.3, 0.4) is 0 Å². The lowest BCUT2D eigenvalue weighted by Crippen LogP contribution is -2.40. The van der Waals surface area contributed by atoms with Crippen LogP contribution >= 0.6 is 11.3 Å². The minimum Gasteiger partial charge on any atom is -0.389 e. The van der Waals surface area contributed by atoms with Crippen molar-refractivity contribution in [3.8, 4) is 0 Å². The monoisotopic (exact) mass is 335 g/mol. The molecular weight excluding hydrogens is 310 g/mol. The average Bonchev–Trinajstić information content (AvgIpc) is 3.20. The van der Waals surface area contributed by atoms with Crippen LogP contribution in [0.5, 0.6) is 0 Å². The highest BCUT2D eigenvalue weighted by atomic mass is 32.1. The second-order valence-corrected chi connectivity index (χ2v) is 7.24. The van der Waals surface area contributed by atoms with Crippen molar-refractivity contribution in [2.75, 3.05) is 26.2 Å². The van der Waals surface area contributed by atoms with Gasteiger partial charge in [-0.25, -0.2) is 0 Å². The van der Waals surface area contributed by atoms with Crippen LogP contribution in [0.1, 0.15) is 29.3 Å². The van der Waals surface area contributed by atoms with E-state index in [0.717, 1.165) is 25.9 Å². The van der Waals surface area contributed by atoms with Crippen molar-refractivity contribution in [1.82, 2.24) is 14.7 Å². The van der Waals surface area contributed by atoms with E-state index in [4.69, 9.17) is 4.74 Å². The fourth-order valence-electron chi connectivity index (χ4n) is 3.24. The van der Waals surface area contributed by atoms with Crippen molar-refractivity contribution >= 4 is 11.3 Å². The summed E-state index contributed by atoms with van der Waals surface area (Å²) in [5.74, 6) is 0.589. The molecule has 0 aromatic carbocycles. The number of likely N-dealkylation sites (tertiary alicyclic amines) is 1. The van der Waals surface area contributed by atoms with Crippen LogP contribution in [0.25, 0.3) is 0 Å². The molecule has 126 valence electrons. The largest absolute Gasteiger partial charge is 0.389 e. The molecule has 1 fully saturated rings. The van der Waals surface area contributed by atoms with E-state index in [0.29, 0.717) is 25.7 Å². The summed E-state index contributed by atoms with van der Waals surface area (Å²) in [7, 11) is 2.01. The fourth-order valence-corrected chi connectivity index (χ4v) is 3.88. The van der Waals surface area contributed by atoms with Gasteiger partial charge in [-0.2, -0.15) is 5.10 Å². The normalized spacial score (nSPS) is 18.3. The first-order valence-corrected chi connectivity index (χ1v) is 9.09. The van der Waals surface area contributed by atoms with Crippen molar-refractivity contribution in [3.05, 3.63) is 40.3 Å². The van der Waals surface area contributed by atoms with Crippen LogP contribution < -0.4 is 0 Å². The summed E-state index contributed by atoms with van der Waals surface area (Å²) < 4.78 is 7.58. The summed E-state index contributed by atoms with van der Waals surface area (Å²) in [4.78, 5) is 3.54. The number of β-amino-alcohol motifs (C(OH)–C–C–N with tert-alkyl or cyclic N) is 1. The smallest absolute Gasteiger partial charge is 0.0900 e. The molecule has 1 aliphatic rings. The van der Waals surface area contributed by atoms with Crippen LogP contribution in [0.15, 0.2) is 29.8 Å². The topological polar surface area (TPSA) is 50.5 Å². The molecule has 2 aromatic rings. The Morgan fingerprint density at radius 2 is 2.22 bits per heavy atom. The average molecular weight is 335 g/mol. The number of aliphatic hydroxyl groups excluding tert-OH is 1. The third-order valence-corrected chi connectivity index (χ3v) is 5.32. The highest BCUT2D eigenvalue weighted by Gasteiger charge is 2.23. The molecule has 1 atom stereocenters. The molecule has 1 N–H and O–H groups in total. The van der Waals surface area contributed by atoms with Crippen molar-refractivity contribution in [3.63, 3.8) is 0 Å². The number of aromatic nitrogens is 2. The number of piperidine rings is 1. The molecule has 0 aliphatic carbocycles. The lowest BCUT2D eigenvalue weighted by atomic mass is 9.93. The zero-order valence-electron chi connectivity index (χ0n) is 13.6. The van der Waals surface area contributed by atoms with Gasteiger partial charge < -0.3 is 14.7 Å². The molecule has 0 bridgehead atoms. The molecule has 23 heavy (non-hydrogen) atoms. The maximum Gasteiger partial charge on any atom is 0.0900 e. The summed E-state index contributed by atoms with van der Waals surface area (Å²) in [5.41, 5.74) is 1.32. The van der Waals surface area contributed by atoms with Crippen LogP contribution in [0, 0.1) is 0 Å². The Hall–Kier alpha value is -1.21. The van der Waals surface area contributed by atoms with Gasteiger partial charge in [-0.15, -0.1) is 11.3 Å². The number of hydrogen-bond donors (Lipinski definition) is 1. The van der Waals surface area contributed by atoms with Gasteiger partial charge in [0.1, 0.15) is 0 Å². The van der Waals surface area contributed by atoms with Gasteiger partial charge >= 0.3 is 0 Å². The van der Waals surface area contributed by atoms with Crippen molar-refractivity contribution in [2.45, 2.75) is 31.5 Å². The maximum atomic E-state index is 10.1. The third-order valence-electron chi connectivity index (χ3n) is 4.47. The molecule has 1 aliphatic heterocycles.